The van der Waals surface area contributed by atoms with Crippen LogP contribution in [0.1, 0.15) is 130 Å². The first kappa shape index (κ1) is 42.7. The first-order valence-electron chi connectivity index (χ1n) is 20.4. The van der Waals surface area contributed by atoms with E-state index in [-0.39, 0.29) is 34.6 Å². The van der Waals surface area contributed by atoms with E-state index in [4.69, 9.17) is 21.1 Å². The van der Waals surface area contributed by atoms with Crippen molar-refractivity contribution in [2.24, 2.45) is 23.2 Å². The van der Waals surface area contributed by atoms with Crippen LogP contribution in [-0.4, -0.2) is 34.6 Å². The van der Waals surface area contributed by atoms with Gasteiger partial charge in [0.15, 0.2) is 5.82 Å². The second kappa shape index (κ2) is 20.6. The molecule has 0 aliphatic carbocycles. The quantitative estimate of drug-likeness (QED) is 0.0696. The number of hydrogen-bond donors (Lipinski definition) is 0. The Balaban J connectivity index is 1.68. The van der Waals surface area contributed by atoms with Crippen LogP contribution in [0.15, 0.2) is 42.6 Å². The largest absolute Gasteiger partial charge is 0.463 e. The Labute approximate surface area is 324 Å². The fraction of sp³-hybridized carbons (Fsp3) is 0.553. The fourth-order valence-electron chi connectivity index (χ4n) is 7.81. The molecule has 1 aromatic carbocycles. The van der Waals surface area contributed by atoms with Crippen LogP contribution in [-0.2, 0) is 6.42 Å². The second-order valence-corrected chi connectivity index (χ2v) is 16.3. The Hall–Kier alpha value is -4.05. The minimum atomic E-state index is -0.479. The predicted octanol–water partition coefficient (Wildman–Crippen LogP) is 10.7. The van der Waals surface area contributed by atoms with E-state index in [1.165, 1.54) is 50.2 Å². The summed E-state index contributed by atoms with van der Waals surface area (Å²) in [6.07, 6.45) is 26.6. The van der Waals surface area contributed by atoms with Gasteiger partial charge in [0.05, 0.1) is 23.3 Å². The van der Waals surface area contributed by atoms with Crippen LogP contribution in [0.5, 0.6) is 6.01 Å². The first-order valence-corrected chi connectivity index (χ1v) is 20.4. The van der Waals surface area contributed by atoms with Crippen molar-refractivity contribution in [3.05, 3.63) is 76.0 Å². The molecule has 0 saturated carbocycles. The minimum Gasteiger partial charge on any atom is -0.463 e. The second-order valence-electron chi connectivity index (χ2n) is 16.3. The van der Waals surface area contributed by atoms with E-state index >= 15 is 4.39 Å². The van der Waals surface area contributed by atoms with Gasteiger partial charge < -0.3 is 9.64 Å². The van der Waals surface area contributed by atoms with Gasteiger partial charge in [0.25, 0.3) is 0 Å². The lowest BCUT2D eigenvalue weighted by Gasteiger charge is -2.32. The average molecular weight is 739 g/mol. The molecule has 1 aliphatic rings. The molecule has 1 aliphatic heterocycles. The number of anilines is 1. The molecule has 1 saturated heterocycles. The zero-order chi connectivity index (χ0) is 39.3. The molecule has 0 amide bonds. The van der Waals surface area contributed by atoms with Gasteiger partial charge in [-0.05, 0) is 72.8 Å². The molecule has 1 fully saturated rings. The van der Waals surface area contributed by atoms with E-state index in [2.05, 4.69) is 70.5 Å². The Bertz CT molecular complexity index is 1890. The number of rotatable bonds is 19. The predicted molar refractivity (Wildman–Crippen MR) is 223 cm³/mol. The van der Waals surface area contributed by atoms with Gasteiger partial charge >= 0.3 is 6.01 Å². The highest BCUT2D eigenvalue weighted by atomic mass is 19.1. The van der Waals surface area contributed by atoms with Crippen LogP contribution in [0.25, 0.3) is 23.6 Å². The molecule has 54 heavy (non-hydrogen) atoms. The summed E-state index contributed by atoms with van der Waals surface area (Å²) in [5.41, 5.74) is 1.68. The number of benzene rings is 1. The molecule has 0 bridgehead atoms. The maximum atomic E-state index is 16.5. The molecule has 4 unspecified atom stereocenters. The molecular weight excluding hydrogens is 675 g/mol. The highest BCUT2D eigenvalue weighted by molar-refractivity contribution is 5.90. The molecule has 7 heteroatoms. The minimum absolute atomic E-state index is 0.139. The van der Waals surface area contributed by atoms with E-state index in [1.807, 2.05) is 6.08 Å². The van der Waals surface area contributed by atoms with E-state index < -0.39 is 11.6 Å². The van der Waals surface area contributed by atoms with Crippen molar-refractivity contribution < 1.29 is 13.5 Å². The third-order valence-corrected chi connectivity index (χ3v) is 11.2. The number of fused-ring (bicyclic) bond motifs is 1. The number of halogens is 2. The van der Waals surface area contributed by atoms with Gasteiger partial charge in [0.2, 0.25) is 0 Å². The van der Waals surface area contributed by atoms with Crippen molar-refractivity contribution in [1.29, 1.82) is 0 Å². The van der Waals surface area contributed by atoms with Crippen molar-refractivity contribution in [2.45, 2.75) is 125 Å². The van der Waals surface area contributed by atoms with Crippen LogP contribution < -0.4 is 20.1 Å². The summed E-state index contributed by atoms with van der Waals surface area (Å²) in [6, 6.07) is 3.16. The van der Waals surface area contributed by atoms with E-state index in [0.717, 1.165) is 51.6 Å². The monoisotopic (exact) mass is 739 g/mol. The lowest BCUT2D eigenvalue weighted by Crippen LogP contribution is -2.31. The van der Waals surface area contributed by atoms with Crippen molar-refractivity contribution in [2.75, 3.05) is 24.6 Å². The van der Waals surface area contributed by atoms with E-state index in [0.29, 0.717) is 46.0 Å². The first-order chi connectivity index (χ1) is 25.9. The molecule has 5 nitrogen and oxygen atoms in total. The summed E-state index contributed by atoms with van der Waals surface area (Å²) < 4.78 is 37.2. The van der Waals surface area contributed by atoms with Crippen LogP contribution >= 0.6 is 0 Å². The van der Waals surface area contributed by atoms with Gasteiger partial charge in [-0.3, -0.25) is 4.98 Å². The summed E-state index contributed by atoms with van der Waals surface area (Å²) >= 11 is 0. The Kier molecular flexibility index (Phi) is 16.3. The highest BCUT2D eigenvalue weighted by Gasteiger charge is 2.29. The van der Waals surface area contributed by atoms with Gasteiger partial charge in [-0.25, -0.2) is 8.78 Å². The molecule has 3 heterocycles. The number of ether oxygens (including phenoxy) is 1. The SMILES string of the molecule is C#Cc1c(F)cc/c(=C/C=C\Cc2ncc3c(N4CC(C)CCC(C)C4)nc(OCC(C)(CCC(CCC)CCCCC)CC(=C)CC)nc3c2F)c1=C. The van der Waals surface area contributed by atoms with Gasteiger partial charge in [-0.1, -0.05) is 129 Å². The summed E-state index contributed by atoms with van der Waals surface area (Å²) in [6.45, 7) is 23.9. The third kappa shape index (κ3) is 11.7. The Morgan fingerprint density at radius 2 is 1.81 bits per heavy atom. The van der Waals surface area contributed by atoms with Crippen LogP contribution in [0, 0.1) is 47.1 Å². The molecule has 2 aromatic heterocycles. The summed E-state index contributed by atoms with van der Waals surface area (Å²) in [5.74, 6) is 3.73. The Morgan fingerprint density at radius 1 is 1.07 bits per heavy atom. The van der Waals surface area contributed by atoms with Gasteiger partial charge in [-0.15, -0.1) is 6.42 Å². The Morgan fingerprint density at radius 3 is 2.48 bits per heavy atom. The number of unbranched alkanes of at least 4 members (excludes halogenated alkanes) is 2. The molecule has 3 aromatic rings. The van der Waals surface area contributed by atoms with Gasteiger partial charge in [0.1, 0.15) is 17.2 Å². The number of allylic oxidation sites excluding steroid dienone is 3. The van der Waals surface area contributed by atoms with Crippen LogP contribution in [0.3, 0.4) is 0 Å². The lowest BCUT2D eigenvalue weighted by molar-refractivity contribution is 0.130. The van der Waals surface area contributed by atoms with Crippen molar-refractivity contribution >= 4 is 29.4 Å². The lowest BCUT2D eigenvalue weighted by atomic mass is 9.77. The topological polar surface area (TPSA) is 51.1 Å². The van der Waals surface area contributed by atoms with Crippen molar-refractivity contribution in [3.63, 3.8) is 0 Å². The van der Waals surface area contributed by atoms with Crippen molar-refractivity contribution in [3.8, 4) is 18.4 Å². The summed E-state index contributed by atoms with van der Waals surface area (Å²) in [5, 5.41) is 1.72. The average Bonchev–Trinajstić information content (AvgIpc) is 3.32. The number of aromatic nitrogens is 3. The molecule has 4 rings (SSSR count). The fourth-order valence-corrected chi connectivity index (χ4v) is 7.81. The summed E-state index contributed by atoms with van der Waals surface area (Å²) in [4.78, 5) is 16.6. The molecule has 4 atom stereocenters. The van der Waals surface area contributed by atoms with E-state index in [9.17, 15) is 4.39 Å². The molecular formula is C47H64F2N4O. The number of nitrogens with zero attached hydrogens (tertiary/aromatic N) is 4. The molecule has 0 N–H and O–H groups in total. The van der Waals surface area contributed by atoms with Crippen molar-refractivity contribution in [1.82, 2.24) is 15.0 Å². The maximum Gasteiger partial charge on any atom is 0.319 e. The zero-order valence-corrected chi connectivity index (χ0v) is 34.0. The number of hydrogen-bond acceptors (Lipinski definition) is 5. The zero-order valence-electron chi connectivity index (χ0n) is 34.0. The summed E-state index contributed by atoms with van der Waals surface area (Å²) in [7, 11) is 0. The standard InChI is InChI=1S/C47H64F2N4O/c1-10-14-15-19-37(18-11-2)26-27-47(9,28-33(5)12-3)32-54-46-51-44-40(45(52-46)53-30-34(6)22-23-35(7)31-53)29-50-42(43(44)49)21-17-16-20-38-24-25-41(48)39(13-4)36(38)8/h4,16-17,20,24-25,29,34-35,37H,5,8,10-12,14-15,18-19,21-23,26-28,30-32H2,1-3,6-7,9H3/b17-16-,38-20-. The van der Waals surface area contributed by atoms with E-state index in [1.54, 1.807) is 24.4 Å². The smallest absolute Gasteiger partial charge is 0.319 e. The number of terminal acetylenes is 1. The highest BCUT2D eigenvalue weighted by Crippen LogP contribution is 2.37. The maximum absolute atomic E-state index is 16.5. The molecule has 0 radical (unpaired) electrons. The van der Waals surface area contributed by atoms with Gasteiger partial charge in [-0.2, -0.15) is 9.97 Å². The normalized spacial score (nSPS) is 18.4. The molecule has 292 valence electrons. The van der Waals surface area contributed by atoms with Crippen LogP contribution in [0.4, 0.5) is 14.6 Å². The van der Waals surface area contributed by atoms with Gasteiger partial charge in [0, 0.05) is 31.1 Å². The number of pyridine rings is 1. The molecule has 0 spiro atoms. The van der Waals surface area contributed by atoms with Crippen LogP contribution in [0.2, 0.25) is 0 Å². The third-order valence-electron chi connectivity index (χ3n) is 11.2.